The largest absolute Gasteiger partial charge is 0.395 e. The van der Waals surface area contributed by atoms with Crippen molar-refractivity contribution in [1.29, 1.82) is 0 Å². The van der Waals surface area contributed by atoms with Crippen LogP contribution < -0.4 is 0 Å². The van der Waals surface area contributed by atoms with Crippen molar-refractivity contribution >= 4 is 0 Å². The molecule has 2 heterocycles. The van der Waals surface area contributed by atoms with Gasteiger partial charge < -0.3 is 50.3 Å². The summed E-state index contributed by atoms with van der Waals surface area (Å²) in [5.74, 6) is 0. The van der Waals surface area contributed by atoms with E-state index in [1.54, 1.807) is 0 Å². The predicted octanol–water partition coefficient (Wildman–Crippen LogP) is -5.44. The smallest absolute Gasteiger partial charge is 0.186 e. The van der Waals surface area contributed by atoms with Crippen molar-refractivity contribution in [3.8, 4) is 0 Å². The van der Waals surface area contributed by atoms with Crippen molar-refractivity contribution in [3.63, 3.8) is 0 Å². The van der Waals surface area contributed by atoms with E-state index in [-0.39, 0.29) is 6.61 Å². The lowest BCUT2D eigenvalue weighted by Gasteiger charge is -2.47. The zero-order valence-corrected chi connectivity index (χ0v) is 13.7. The standard InChI is InChI=1S/C14H27NO10/c1-15-5(2-16)8(18)11(21)9(19)6(15)4-24-14-13(23)12(22)10(20)7(3-17)25-14/h5-14,16-23H,2-4H2,1H3/t5-,6-,7-,8-,9+,10-,11+,12+,13-,14-/m1/s1. The highest BCUT2D eigenvalue weighted by Crippen LogP contribution is 2.26. The van der Waals surface area contributed by atoms with Gasteiger partial charge in [0, 0.05) is 0 Å². The number of ether oxygens (including phenoxy) is 2. The Labute approximate surface area is 144 Å². The quantitative estimate of drug-likeness (QED) is 0.231. The molecule has 0 amide bonds. The van der Waals surface area contributed by atoms with Crippen LogP contribution in [-0.4, -0.2) is 134 Å². The van der Waals surface area contributed by atoms with Crippen LogP contribution in [0.15, 0.2) is 0 Å². The number of nitrogens with zero attached hydrogens (tertiary/aromatic N) is 1. The van der Waals surface area contributed by atoms with E-state index in [0.29, 0.717) is 0 Å². The lowest BCUT2D eigenvalue weighted by molar-refractivity contribution is -0.307. The average Bonchev–Trinajstić information content (AvgIpc) is 2.60. The molecule has 10 atom stereocenters. The molecule has 0 aliphatic carbocycles. The van der Waals surface area contributed by atoms with Gasteiger partial charge in [-0.05, 0) is 7.05 Å². The summed E-state index contributed by atoms with van der Waals surface area (Å²) in [6.07, 6.45) is -11.5. The Balaban J connectivity index is 2.03. The summed E-state index contributed by atoms with van der Waals surface area (Å²) < 4.78 is 10.6. The van der Waals surface area contributed by atoms with Crippen LogP contribution >= 0.6 is 0 Å². The van der Waals surface area contributed by atoms with Gasteiger partial charge in [-0.2, -0.15) is 0 Å². The average molecular weight is 369 g/mol. The SMILES string of the molecule is CN1[C@H](CO[C@@H]2O[C@H](CO)[C@@H](O)[C@H](O)[C@H]2O)[C@H](O)[C@@H](O)[C@H](O)[C@H]1CO. The van der Waals surface area contributed by atoms with Crippen molar-refractivity contribution in [2.45, 2.75) is 61.1 Å². The van der Waals surface area contributed by atoms with E-state index < -0.39 is 74.3 Å². The maximum absolute atomic E-state index is 10.1. The molecule has 0 aromatic carbocycles. The lowest BCUT2D eigenvalue weighted by Crippen LogP contribution is -2.67. The van der Waals surface area contributed by atoms with Crippen LogP contribution in [0.3, 0.4) is 0 Å². The number of aliphatic hydroxyl groups is 8. The molecule has 0 unspecified atom stereocenters. The van der Waals surface area contributed by atoms with E-state index in [2.05, 4.69) is 0 Å². The third kappa shape index (κ3) is 3.96. The highest BCUT2D eigenvalue weighted by molar-refractivity contribution is 4.99. The van der Waals surface area contributed by atoms with Crippen LogP contribution in [0.1, 0.15) is 0 Å². The van der Waals surface area contributed by atoms with Gasteiger partial charge in [0.1, 0.15) is 42.7 Å². The molecular weight excluding hydrogens is 342 g/mol. The molecule has 0 aromatic rings. The Morgan fingerprint density at radius 1 is 0.760 bits per heavy atom. The van der Waals surface area contributed by atoms with E-state index in [1.165, 1.54) is 11.9 Å². The maximum atomic E-state index is 10.1. The Kier molecular flexibility index (Phi) is 7.09. The second-order valence-corrected chi connectivity index (χ2v) is 6.49. The summed E-state index contributed by atoms with van der Waals surface area (Å²) in [5, 5.41) is 77.8. The Bertz CT molecular complexity index is 426. The number of likely N-dealkylation sites (N-methyl/N-ethyl adjacent to an activating group) is 1. The first-order valence-electron chi connectivity index (χ1n) is 8.03. The molecule has 2 saturated heterocycles. The molecule has 2 aliphatic heterocycles. The third-order valence-corrected chi connectivity index (χ3v) is 5.00. The van der Waals surface area contributed by atoms with Gasteiger partial charge in [0.25, 0.3) is 0 Å². The van der Waals surface area contributed by atoms with E-state index in [4.69, 9.17) is 14.6 Å². The summed E-state index contributed by atoms with van der Waals surface area (Å²) in [6.45, 7) is -1.34. The normalized spacial score (nSPS) is 49.3. The van der Waals surface area contributed by atoms with Crippen molar-refractivity contribution < 1.29 is 50.3 Å². The van der Waals surface area contributed by atoms with E-state index in [9.17, 15) is 35.7 Å². The molecule has 0 radical (unpaired) electrons. The van der Waals surface area contributed by atoms with Gasteiger partial charge in [-0.1, -0.05) is 0 Å². The Morgan fingerprint density at radius 3 is 1.88 bits per heavy atom. The van der Waals surface area contributed by atoms with Crippen LogP contribution in [0.5, 0.6) is 0 Å². The molecule has 8 N–H and O–H groups in total. The number of piperidine rings is 1. The summed E-state index contributed by atoms with van der Waals surface area (Å²) in [7, 11) is 1.51. The predicted molar refractivity (Wildman–Crippen MR) is 80.2 cm³/mol. The lowest BCUT2D eigenvalue weighted by atomic mass is 9.89. The fourth-order valence-electron chi connectivity index (χ4n) is 3.24. The van der Waals surface area contributed by atoms with Crippen LogP contribution in [0.4, 0.5) is 0 Å². The number of hydrogen-bond acceptors (Lipinski definition) is 11. The second-order valence-electron chi connectivity index (χ2n) is 6.49. The zero-order valence-electron chi connectivity index (χ0n) is 13.7. The number of hydrogen-bond donors (Lipinski definition) is 8. The topological polar surface area (TPSA) is 184 Å². The first-order valence-corrected chi connectivity index (χ1v) is 8.03. The summed E-state index contributed by atoms with van der Waals surface area (Å²) in [5.41, 5.74) is 0. The van der Waals surface area contributed by atoms with Crippen LogP contribution in [-0.2, 0) is 9.47 Å². The molecule has 148 valence electrons. The van der Waals surface area contributed by atoms with Gasteiger partial charge in [0.15, 0.2) is 6.29 Å². The van der Waals surface area contributed by atoms with E-state index in [1.807, 2.05) is 0 Å². The van der Waals surface area contributed by atoms with Gasteiger partial charge in [-0.15, -0.1) is 0 Å². The van der Waals surface area contributed by atoms with Crippen molar-refractivity contribution in [2.24, 2.45) is 0 Å². The number of likely N-dealkylation sites (tertiary alicyclic amines) is 1. The van der Waals surface area contributed by atoms with Gasteiger partial charge in [-0.25, -0.2) is 0 Å². The minimum Gasteiger partial charge on any atom is -0.395 e. The second kappa shape index (κ2) is 8.50. The fourth-order valence-corrected chi connectivity index (χ4v) is 3.24. The van der Waals surface area contributed by atoms with Crippen molar-refractivity contribution in [3.05, 3.63) is 0 Å². The molecule has 11 heteroatoms. The van der Waals surface area contributed by atoms with Gasteiger partial charge in [-0.3, -0.25) is 4.90 Å². The summed E-state index contributed by atoms with van der Waals surface area (Å²) in [6, 6.07) is -1.68. The summed E-state index contributed by atoms with van der Waals surface area (Å²) >= 11 is 0. The molecule has 0 bridgehead atoms. The maximum Gasteiger partial charge on any atom is 0.186 e. The van der Waals surface area contributed by atoms with Gasteiger partial charge in [0.05, 0.1) is 31.9 Å². The minimum atomic E-state index is -1.59. The first-order chi connectivity index (χ1) is 11.7. The third-order valence-electron chi connectivity index (χ3n) is 5.00. The van der Waals surface area contributed by atoms with Gasteiger partial charge in [0.2, 0.25) is 0 Å². The summed E-state index contributed by atoms with van der Waals surface area (Å²) in [4.78, 5) is 1.44. The van der Waals surface area contributed by atoms with Crippen LogP contribution in [0.25, 0.3) is 0 Å². The highest BCUT2D eigenvalue weighted by atomic mass is 16.7. The number of rotatable bonds is 5. The van der Waals surface area contributed by atoms with Crippen LogP contribution in [0, 0.1) is 0 Å². The number of aliphatic hydroxyl groups excluding tert-OH is 8. The van der Waals surface area contributed by atoms with Gasteiger partial charge >= 0.3 is 0 Å². The molecule has 11 nitrogen and oxygen atoms in total. The van der Waals surface area contributed by atoms with Crippen molar-refractivity contribution in [2.75, 3.05) is 26.9 Å². The Hall–Kier alpha value is -0.440. The van der Waals surface area contributed by atoms with Crippen LogP contribution in [0.2, 0.25) is 0 Å². The molecule has 0 spiro atoms. The first kappa shape index (κ1) is 20.9. The van der Waals surface area contributed by atoms with Crippen molar-refractivity contribution in [1.82, 2.24) is 4.90 Å². The van der Waals surface area contributed by atoms with E-state index >= 15 is 0 Å². The zero-order chi connectivity index (χ0) is 18.9. The monoisotopic (exact) mass is 369 g/mol. The molecule has 2 aliphatic rings. The molecule has 2 rings (SSSR count). The van der Waals surface area contributed by atoms with E-state index in [0.717, 1.165) is 0 Å². The molecule has 0 aromatic heterocycles. The minimum absolute atomic E-state index is 0.277. The fraction of sp³-hybridized carbons (Fsp3) is 1.00. The molecule has 25 heavy (non-hydrogen) atoms. The molecule has 2 fully saturated rings. The Morgan fingerprint density at radius 2 is 1.32 bits per heavy atom. The molecular formula is C14H27NO10. The molecule has 0 saturated carbocycles. The highest BCUT2D eigenvalue weighted by Gasteiger charge is 2.48.